The largest absolute Gasteiger partial charge is 0.506 e. The average Bonchev–Trinajstić information content (AvgIpc) is 3.33. The number of aromatic hydroxyl groups is 1. The minimum Gasteiger partial charge on any atom is -0.506 e. The number of aliphatic hydroxyl groups is 1. The van der Waals surface area contributed by atoms with Gasteiger partial charge in [-0.1, -0.05) is 6.92 Å². The molecule has 1 aromatic carbocycles. The minimum atomic E-state index is -1.97. The summed E-state index contributed by atoms with van der Waals surface area (Å²) in [6, 6.07) is 5.28. The predicted molar refractivity (Wildman–Crippen MR) is 144 cm³/mol. The molecule has 1 aliphatic carbocycles. The second-order valence-electron chi connectivity index (χ2n) is 10.8. The van der Waals surface area contributed by atoms with E-state index in [1.165, 1.54) is 29.0 Å². The number of aryl methyl sites for hydroxylation is 1. The van der Waals surface area contributed by atoms with E-state index < -0.39 is 34.9 Å². The van der Waals surface area contributed by atoms with Gasteiger partial charge in [0.15, 0.2) is 5.60 Å². The average molecular weight is 557 g/mol. The van der Waals surface area contributed by atoms with Crippen LogP contribution in [0.4, 0.5) is 4.39 Å². The molecule has 0 spiro atoms. The van der Waals surface area contributed by atoms with Crippen molar-refractivity contribution >= 4 is 22.8 Å². The van der Waals surface area contributed by atoms with E-state index in [1.54, 1.807) is 19.9 Å². The van der Waals surface area contributed by atoms with E-state index in [4.69, 9.17) is 9.72 Å². The molecular formula is C30H25FN4O6. The third-order valence-electron chi connectivity index (χ3n) is 8.66. The van der Waals surface area contributed by atoms with Crippen LogP contribution in [0.3, 0.4) is 0 Å². The Morgan fingerprint density at radius 1 is 1.24 bits per heavy atom. The van der Waals surface area contributed by atoms with Crippen molar-refractivity contribution in [3.63, 3.8) is 0 Å². The van der Waals surface area contributed by atoms with E-state index in [9.17, 15) is 24.6 Å². The van der Waals surface area contributed by atoms with Crippen molar-refractivity contribution in [3.05, 3.63) is 85.7 Å². The number of aromatic nitrogens is 3. The number of ether oxygens (including phenoxy) is 1. The van der Waals surface area contributed by atoms with E-state index in [-0.39, 0.29) is 42.1 Å². The molecule has 11 heteroatoms. The molecular weight excluding hydrogens is 531 g/mol. The fourth-order valence-corrected chi connectivity index (χ4v) is 6.45. The quantitative estimate of drug-likeness (QED) is 0.288. The molecule has 5 heterocycles. The summed E-state index contributed by atoms with van der Waals surface area (Å²) in [6.07, 6.45) is 2.19. The number of carbonyl (C=O) groups excluding carboxylic acids is 2. The molecule has 0 radical (unpaired) electrons. The molecule has 7 rings (SSSR count). The molecule has 208 valence electrons. The number of amides is 1. The maximum absolute atomic E-state index is 15.1. The molecule has 0 fully saturated rings. The van der Waals surface area contributed by atoms with Crippen molar-refractivity contribution in [2.45, 2.75) is 57.9 Å². The lowest BCUT2D eigenvalue weighted by Gasteiger charge is -2.31. The van der Waals surface area contributed by atoms with Crippen molar-refractivity contribution in [2.24, 2.45) is 0 Å². The lowest BCUT2D eigenvalue weighted by atomic mass is 9.81. The highest BCUT2D eigenvalue weighted by atomic mass is 19.1. The zero-order chi connectivity index (χ0) is 28.8. The van der Waals surface area contributed by atoms with E-state index in [2.05, 4.69) is 10.3 Å². The Hall–Kier alpha value is -4.64. The number of carbonyl (C=O) groups is 2. The number of hydrogen-bond acceptors (Lipinski definition) is 8. The molecule has 2 aliphatic heterocycles. The van der Waals surface area contributed by atoms with Crippen LogP contribution in [-0.2, 0) is 34.7 Å². The van der Waals surface area contributed by atoms with E-state index >= 15 is 4.39 Å². The molecule has 2 atom stereocenters. The summed E-state index contributed by atoms with van der Waals surface area (Å²) in [6.45, 7) is 3.25. The highest BCUT2D eigenvalue weighted by molar-refractivity contribution is 5.96. The number of benzene rings is 1. The second kappa shape index (κ2) is 8.68. The first kappa shape index (κ1) is 25.3. The first-order chi connectivity index (χ1) is 19.6. The monoisotopic (exact) mass is 556 g/mol. The van der Waals surface area contributed by atoms with Gasteiger partial charge < -0.3 is 24.8 Å². The van der Waals surface area contributed by atoms with Crippen LogP contribution in [0.25, 0.3) is 22.3 Å². The molecule has 0 saturated heterocycles. The van der Waals surface area contributed by atoms with Crippen LogP contribution in [0, 0.1) is 12.7 Å². The molecule has 41 heavy (non-hydrogen) atoms. The molecule has 1 amide bonds. The van der Waals surface area contributed by atoms with Crippen LogP contribution in [0.5, 0.6) is 5.75 Å². The molecule has 3 aliphatic rings. The third kappa shape index (κ3) is 3.48. The smallest absolute Gasteiger partial charge is 0.343 e. The van der Waals surface area contributed by atoms with Gasteiger partial charge in [0.2, 0.25) is 0 Å². The topological polar surface area (TPSA) is 144 Å². The second-order valence-corrected chi connectivity index (χ2v) is 10.8. The Labute approximate surface area is 232 Å². The van der Waals surface area contributed by atoms with Crippen molar-refractivity contribution in [1.82, 2.24) is 19.9 Å². The van der Waals surface area contributed by atoms with Crippen LogP contribution in [-0.4, -0.2) is 36.6 Å². The number of hydrogen-bond donors (Lipinski definition) is 3. The Morgan fingerprint density at radius 3 is 2.78 bits per heavy atom. The Morgan fingerprint density at radius 2 is 2.05 bits per heavy atom. The van der Waals surface area contributed by atoms with Gasteiger partial charge in [0.25, 0.3) is 11.5 Å². The molecule has 0 saturated carbocycles. The van der Waals surface area contributed by atoms with Crippen LogP contribution in [0.15, 0.2) is 35.3 Å². The SMILES string of the molecule is CC[C@@]1(O)C(=O)OCc2c1cc1n(c2=O)Cc2c-1nc1cc(F)c(C)c3c1c2[C@@H](NC(=O)c1ccc(O)cn1)CC3. The predicted octanol–water partition coefficient (Wildman–Crippen LogP) is 3.05. The van der Waals surface area contributed by atoms with Gasteiger partial charge in [-0.15, -0.1) is 0 Å². The normalized spacial score (nSPS) is 20.3. The Kier molecular flexibility index (Phi) is 5.36. The maximum Gasteiger partial charge on any atom is 0.343 e. The number of cyclic esters (lactones) is 1. The third-order valence-corrected chi connectivity index (χ3v) is 8.66. The number of fused-ring (bicyclic) bond motifs is 5. The van der Waals surface area contributed by atoms with E-state index in [0.717, 1.165) is 16.5 Å². The van der Waals surface area contributed by atoms with Gasteiger partial charge in [-0.25, -0.2) is 19.2 Å². The summed E-state index contributed by atoms with van der Waals surface area (Å²) >= 11 is 0. The summed E-state index contributed by atoms with van der Waals surface area (Å²) in [4.78, 5) is 48.3. The van der Waals surface area contributed by atoms with Gasteiger partial charge >= 0.3 is 5.97 Å². The highest BCUT2D eigenvalue weighted by Gasteiger charge is 2.46. The summed E-state index contributed by atoms with van der Waals surface area (Å²) in [7, 11) is 0. The molecule has 0 unspecified atom stereocenters. The van der Waals surface area contributed by atoms with Crippen LogP contribution in [0.2, 0.25) is 0 Å². The van der Waals surface area contributed by atoms with E-state index in [0.29, 0.717) is 40.9 Å². The highest BCUT2D eigenvalue weighted by Crippen LogP contribution is 2.46. The number of nitrogens with one attached hydrogen (secondary N) is 1. The Balaban J connectivity index is 1.45. The number of nitrogens with zero attached hydrogens (tertiary/aromatic N) is 3. The van der Waals surface area contributed by atoms with Crippen molar-refractivity contribution in [2.75, 3.05) is 0 Å². The van der Waals surface area contributed by atoms with Gasteiger partial charge in [0, 0.05) is 22.6 Å². The molecule has 4 aromatic rings. The van der Waals surface area contributed by atoms with E-state index in [1.807, 2.05) is 0 Å². The fourth-order valence-electron chi connectivity index (χ4n) is 6.45. The Bertz CT molecular complexity index is 1900. The molecule has 3 aromatic heterocycles. The lowest BCUT2D eigenvalue weighted by molar-refractivity contribution is -0.172. The van der Waals surface area contributed by atoms with Crippen molar-refractivity contribution < 1.29 is 28.9 Å². The van der Waals surface area contributed by atoms with Crippen LogP contribution in [0.1, 0.15) is 69.7 Å². The molecule has 10 nitrogen and oxygen atoms in total. The molecule has 3 N–H and O–H groups in total. The maximum atomic E-state index is 15.1. The minimum absolute atomic E-state index is 0.0121. The first-order valence-electron chi connectivity index (χ1n) is 13.4. The number of esters is 1. The van der Waals surface area contributed by atoms with Gasteiger partial charge in [-0.2, -0.15) is 0 Å². The van der Waals surface area contributed by atoms with Gasteiger partial charge in [-0.05, 0) is 61.1 Å². The zero-order valence-corrected chi connectivity index (χ0v) is 22.2. The number of halogens is 1. The zero-order valence-electron chi connectivity index (χ0n) is 22.2. The fraction of sp³-hybridized carbons (Fsp3) is 0.300. The summed E-state index contributed by atoms with van der Waals surface area (Å²) < 4.78 is 21.8. The lowest BCUT2D eigenvalue weighted by Crippen LogP contribution is -2.44. The number of pyridine rings is 3. The summed E-state index contributed by atoms with van der Waals surface area (Å²) in [5.41, 5.74) is 2.15. The number of rotatable bonds is 3. The van der Waals surface area contributed by atoms with Gasteiger partial charge in [0.1, 0.15) is 23.9 Å². The van der Waals surface area contributed by atoms with Gasteiger partial charge in [-0.3, -0.25) is 9.59 Å². The van der Waals surface area contributed by atoms with Crippen molar-refractivity contribution in [1.29, 1.82) is 0 Å². The standard InChI is InChI=1S/C30H25FN4O6/c1-3-30(40)18-8-23-26-16(11-35(23)28(38)17(18)12-41-29(30)39)25-20(34-27(37)21-6-4-14(36)10-32-21)7-5-15-13(2)19(31)9-22(33-26)24(15)25/h4,6,8-10,20,36,40H,3,5,7,11-12H2,1-2H3,(H,34,37)/t20-,30-/m0/s1. The molecule has 0 bridgehead atoms. The van der Waals surface area contributed by atoms with Crippen LogP contribution >= 0.6 is 0 Å². The van der Waals surface area contributed by atoms with Gasteiger partial charge in [0.05, 0.1) is 41.3 Å². The summed E-state index contributed by atoms with van der Waals surface area (Å²) in [5.74, 6) is -1.72. The van der Waals surface area contributed by atoms with Crippen LogP contribution < -0.4 is 10.9 Å². The first-order valence-corrected chi connectivity index (χ1v) is 13.4. The summed E-state index contributed by atoms with van der Waals surface area (Å²) in [5, 5.41) is 24.6. The van der Waals surface area contributed by atoms with Crippen molar-refractivity contribution in [3.8, 4) is 17.1 Å².